The van der Waals surface area contributed by atoms with Crippen LogP contribution in [0.15, 0.2) is 60.8 Å². The van der Waals surface area contributed by atoms with Crippen molar-refractivity contribution in [3.63, 3.8) is 0 Å². The molecule has 4 rings (SSSR count). The standard InChI is InChI=1S/C22H23ClN4O.ClH/c23-18-10-8-16(9-11-18)22-17(13-21(28)25-19-5-4-12-24-14-19)15-27(26-22)20-6-2-1-3-7-20;/h1-3,6-11,15,19,24H,4-5,12-14H2,(H,25,28);1H/t19-;/m0./s1. The molecule has 3 aromatic rings. The largest absolute Gasteiger partial charge is 0.352 e. The number of hydrogen-bond donors (Lipinski definition) is 2. The number of piperidine rings is 1. The fourth-order valence-electron chi connectivity index (χ4n) is 3.53. The Balaban J connectivity index is 0.00000240. The second-order valence-corrected chi connectivity index (χ2v) is 7.51. The van der Waals surface area contributed by atoms with E-state index < -0.39 is 0 Å². The average Bonchev–Trinajstić information content (AvgIpc) is 3.13. The molecular formula is C22H24Cl2N4O. The van der Waals surface area contributed by atoms with Gasteiger partial charge in [0.25, 0.3) is 0 Å². The van der Waals surface area contributed by atoms with Crippen LogP contribution in [0.3, 0.4) is 0 Å². The van der Waals surface area contributed by atoms with Crippen molar-refractivity contribution in [3.05, 3.63) is 71.4 Å². The molecule has 1 aliphatic heterocycles. The highest BCUT2D eigenvalue weighted by molar-refractivity contribution is 6.30. The van der Waals surface area contributed by atoms with E-state index in [0.29, 0.717) is 11.4 Å². The van der Waals surface area contributed by atoms with Crippen LogP contribution in [0.2, 0.25) is 5.02 Å². The summed E-state index contributed by atoms with van der Waals surface area (Å²) in [6.07, 6.45) is 4.35. The van der Waals surface area contributed by atoms with E-state index in [1.54, 1.807) is 0 Å². The lowest BCUT2D eigenvalue weighted by molar-refractivity contribution is -0.121. The first kappa shape index (κ1) is 21.4. The van der Waals surface area contributed by atoms with Gasteiger partial charge >= 0.3 is 0 Å². The number of benzene rings is 2. The van der Waals surface area contributed by atoms with Crippen molar-refractivity contribution >= 4 is 29.9 Å². The van der Waals surface area contributed by atoms with Gasteiger partial charge in [0, 0.05) is 34.9 Å². The van der Waals surface area contributed by atoms with Gasteiger partial charge in [-0.25, -0.2) is 4.68 Å². The van der Waals surface area contributed by atoms with Gasteiger partial charge in [0.2, 0.25) is 5.91 Å². The normalized spacial score (nSPS) is 16.1. The van der Waals surface area contributed by atoms with Crippen molar-refractivity contribution in [2.75, 3.05) is 13.1 Å². The monoisotopic (exact) mass is 430 g/mol. The minimum Gasteiger partial charge on any atom is -0.352 e. The smallest absolute Gasteiger partial charge is 0.224 e. The van der Waals surface area contributed by atoms with Crippen LogP contribution in [-0.4, -0.2) is 34.8 Å². The first-order valence-corrected chi connectivity index (χ1v) is 9.97. The van der Waals surface area contributed by atoms with Crippen LogP contribution >= 0.6 is 24.0 Å². The number of aromatic nitrogens is 2. The van der Waals surface area contributed by atoms with Gasteiger partial charge in [-0.05, 0) is 43.7 Å². The maximum Gasteiger partial charge on any atom is 0.224 e. The van der Waals surface area contributed by atoms with E-state index in [4.69, 9.17) is 16.7 Å². The molecule has 152 valence electrons. The van der Waals surface area contributed by atoms with Gasteiger partial charge < -0.3 is 10.6 Å². The Kier molecular flexibility index (Phi) is 7.31. The summed E-state index contributed by atoms with van der Waals surface area (Å²) in [6.45, 7) is 1.86. The fourth-order valence-corrected chi connectivity index (χ4v) is 3.66. The fraction of sp³-hybridized carbons (Fsp3) is 0.273. The highest BCUT2D eigenvalue weighted by Crippen LogP contribution is 2.25. The predicted octanol–water partition coefficient (Wildman–Crippen LogP) is 4.03. The molecule has 0 aliphatic carbocycles. The van der Waals surface area contributed by atoms with Crippen LogP contribution in [0.25, 0.3) is 16.9 Å². The molecule has 1 saturated heterocycles. The lowest BCUT2D eigenvalue weighted by Crippen LogP contribution is -2.46. The van der Waals surface area contributed by atoms with Crippen molar-refractivity contribution in [2.24, 2.45) is 0 Å². The van der Waals surface area contributed by atoms with Crippen molar-refractivity contribution in [1.82, 2.24) is 20.4 Å². The zero-order valence-electron chi connectivity index (χ0n) is 16.0. The first-order valence-electron chi connectivity index (χ1n) is 9.59. The van der Waals surface area contributed by atoms with Crippen LogP contribution < -0.4 is 10.6 Å². The highest BCUT2D eigenvalue weighted by Gasteiger charge is 2.19. The number of rotatable bonds is 5. The quantitative estimate of drug-likeness (QED) is 0.642. The van der Waals surface area contributed by atoms with E-state index >= 15 is 0 Å². The summed E-state index contributed by atoms with van der Waals surface area (Å²) in [5, 5.41) is 11.9. The molecule has 1 atom stereocenters. The maximum absolute atomic E-state index is 12.7. The summed E-state index contributed by atoms with van der Waals surface area (Å²) < 4.78 is 1.83. The van der Waals surface area contributed by atoms with Crippen LogP contribution in [0.1, 0.15) is 18.4 Å². The third-order valence-corrected chi connectivity index (χ3v) is 5.19. The topological polar surface area (TPSA) is 59.0 Å². The van der Waals surface area contributed by atoms with Gasteiger partial charge in [0.1, 0.15) is 0 Å². The number of para-hydroxylation sites is 1. The van der Waals surface area contributed by atoms with E-state index in [2.05, 4.69) is 10.6 Å². The zero-order chi connectivity index (χ0) is 19.3. The second-order valence-electron chi connectivity index (χ2n) is 7.08. The third kappa shape index (κ3) is 5.38. The second kappa shape index (κ2) is 9.92. The van der Waals surface area contributed by atoms with Crippen molar-refractivity contribution in [3.8, 4) is 16.9 Å². The van der Waals surface area contributed by atoms with E-state index in [1.165, 1.54) is 0 Å². The molecule has 7 heteroatoms. The molecule has 0 spiro atoms. The number of nitrogens with one attached hydrogen (secondary N) is 2. The molecule has 0 saturated carbocycles. The number of halogens is 2. The lowest BCUT2D eigenvalue weighted by atomic mass is 10.0. The molecule has 1 aromatic heterocycles. The van der Waals surface area contributed by atoms with E-state index in [9.17, 15) is 4.79 Å². The third-order valence-electron chi connectivity index (χ3n) is 4.94. The molecule has 0 bridgehead atoms. The Morgan fingerprint density at radius 1 is 1.17 bits per heavy atom. The average molecular weight is 431 g/mol. The number of carbonyl (C=O) groups is 1. The van der Waals surface area contributed by atoms with E-state index in [-0.39, 0.29) is 24.4 Å². The van der Waals surface area contributed by atoms with E-state index in [0.717, 1.165) is 48.4 Å². The Labute approximate surface area is 181 Å². The van der Waals surface area contributed by atoms with Crippen molar-refractivity contribution in [2.45, 2.75) is 25.3 Å². The summed E-state index contributed by atoms with van der Waals surface area (Å²) in [6, 6.07) is 17.7. The van der Waals surface area contributed by atoms with Crippen molar-refractivity contribution < 1.29 is 4.79 Å². The van der Waals surface area contributed by atoms with Gasteiger partial charge in [0.05, 0.1) is 17.8 Å². The number of hydrogen-bond acceptors (Lipinski definition) is 3. The molecule has 5 nitrogen and oxygen atoms in total. The zero-order valence-corrected chi connectivity index (χ0v) is 17.5. The minimum absolute atomic E-state index is 0. The molecule has 1 aliphatic rings. The summed E-state index contributed by atoms with van der Waals surface area (Å²) >= 11 is 6.04. The summed E-state index contributed by atoms with van der Waals surface area (Å²) in [5.41, 5.74) is 3.60. The summed E-state index contributed by atoms with van der Waals surface area (Å²) in [7, 11) is 0. The summed E-state index contributed by atoms with van der Waals surface area (Å²) in [5.74, 6) is 0.0246. The highest BCUT2D eigenvalue weighted by atomic mass is 35.5. The molecule has 1 amide bonds. The summed E-state index contributed by atoms with van der Waals surface area (Å²) in [4.78, 5) is 12.7. The van der Waals surface area contributed by atoms with Crippen LogP contribution in [0, 0.1) is 0 Å². The molecule has 2 heterocycles. The lowest BCUT2D eigenvalue weighted by Gasteiger charge is -2.23. The number of nitrogens with zero attached hydrogens (tertiary/aromatic N) is 2. The molecule has 29 heavy (non-hydrogen) atoms. The first-order chi connectivity index (χ1) is 13.7. The van der Waals surface area contributed by atoms with Gasteiger partial charge in [-0.15, -0.1) is 12.4 Å². The SMILES string of the molecule is Cl.O=C(Cc1cn(-c2ccccc2)nc1-c1ccc(Cl)cc1)N[C@H]1CCCNC1. The van der Waals surface area contributed by atoms with Crippen molar-refractivity contribution in [1.29, 1.82) is 0 Å². The van der Waals surface area contributed by atoms with Crippen LogP contribution in [0.4, 0.5) is 0 Å². The van der Waals surface area contributed by atoms with E-state index in [1.807, 2.05) is 65.5 Å². The molecule has 2 N–H and O–H groups in total. The van der Waals surface area contributed by atoms with Gasteiger partial charge in [-0.1, -0.05) is 41.9 Å². The maximum atomic E-state index is 12.7. The Morgan fingerprint density at radius 2 is 1.93 bits per heavy atom. The Hall–Kier alpha value is -2.34. The predicted molar refractivity (Wildman–Crippen MR) is 119 cm³/mol. The molecule has 1 fully saturated rings. The van der Waals surface area contributed by atoms with Gasteiger partial charge in [-0.3, -0.25) is 4.79 Å². The van der Waals surface area contributed by atoms with Crippen LogP contribution in [0.5, 0.6) is 0 Å². The Morgan fingerprint density at radius 3 is 2.62 bits per heavy atom. The van der Waals surface area contributed by atoms with Gasteiger partial charge in [-0.2, -0.15) is 5.10 Å². The number of carbonyl (C=O) groups excluding carboxylic acids is 1. The number of amides is 1. The molecule has 0 unspecified atom stereocenters. The Bertz CT molecular complexity index is 935. The minimum atomic E-state index is 0. The molecular weight excluding hydrogens is 407 g/mol. The van der Waals surface area contributed by atoms with Crippen LogP contribution in [-0.2, 0) is 11.2 Å². The van der Waals surface area contributed by atoms with Gasteiger partial charge in [0.15, 0.2) is 0 Å². The molecule has 0 radical (unpaired) electrons. The molecule has 2 aromatic carbocycles.